The summed E-state index contributed by atoms with van der Waals surface area (Å²) in [5, 5.41) is 1.86. The van der Waals surface area contributed by atoms with Crippen molar-refractivity contribution in [2.24, 2.45) is 0 Å². The van der Waals surface area contributed by atoms with Crippen LogP contribution in [0.15, 0.2) is 24.3 Å². The molecule has 2 aromatic rings. The zero-order valence-corrected chi connectivity index (χ0v) is 22.5. The van der Waals surface area contributed by atoms with Gasteiger partial charge in [-0.15, -0.1) is 0 Å². The Morgan fingerprint density at radius 3 is 1.62 bits per heavy atom. The summed E-state index contributed by atoms with van der Waals surface area (Å²) in [5.41, 5.74) is 13.9. The van der Waals surface area contributed by atoms with Crippen molar-refractivity contribution in [1.82, 2.24) is 0 Å². The predicted octanol–water partition coefficient (Wildman–Crippen LogP) is 9.19. The average molecular weight is 473 g/mol. The molecule has 0 radical (unpaired) electrons. The monoisotopic (exact) mass is 472 g/mol. The van der Waals surface area contributed by atoms with E-state index in [9.17, 15) is 0 Å². The van der Waals surface area contributed by atoms with Gasteiger partial charge in [-0.3, -0.25) is 0 Å². The summed E-state index contributed by atoms with van der Waals surface area (Å²) < 4.78 is 0. The van der Waals surface area contributed by atoms with Gasteiger partial charge in [0, 0.05) is 0 Å². The minimum atomic E-state index is -0.0774. The van der Waals surface area contributed by atoms with E-state index in [2.05, 4.69) is 31.2 Å². The molecule has 182 valence electrons. The van der Waals surface area contributed by atoms with Gasteiger partial charge in [0.25, 0.3) is 0 Å². The van der Waals surface area contributed by atoms with Crippen LogP contribution in [0.1, 0.15) is 118 Å². The van der Waals surface area contributed by atoms with Gasteiger partial charge in [-0.2, -0.15) is 0 Å². The maximum absolute atomic E-state index is 2.70. The molecule has 1 heteroatoms. The molecule has 4 aliphatic carbocycles. The van der Waals surface area contributed by atoms with Crippen LogP contribution in [0.3, 0.4) is 0 Å². The van der Waals surface area contributed by atoms with E-state index in [4.69, 9.17) is 0 Å². The second kappa shape index (κ2) is 10.5. The van der Waals surface area contributed by atoms with Crippen LogP contribution in [0, 0.1) is 6.92 Å². The lowest BCUT2D eigenvalue weighted by atomic mass is 9.79. The van der Waals surface area contributed by atoms with Crippen LogP contribution in [0.4, 0.5) is 0 Å². The number of hydrogen-bond acceptors (Lipinski definition) is 0. The highest BCUT2D eigenvalue weighted by Gasteiger charge is 2.35. The molecule has 4 aliphatic rings. The normalized spacial score (nSPS) is 21.9. The summed E-state index contributed by atoms with van der Waals surface area (Å²) in [4.78, 5) is 0. The molecule has 0 atom stereocenters. The van der Waals surface area contributed by atoms with E-state index in [0.29, 0.717) is 0 Å². The van der Waals surface area contributed by atoms with Gasteiger partial charge >= 0.3 is 0 Å². The zero-order chi connectivity index (χ0) is 22.9. The number of benzene rings is 2. The van der Waals surface area contributed by atoms with Crippen molar-refractivity contribution in [2.45, 2.75) is 134 Å². The van der Waals surface area contributed by atoms with Crippen molar-refractivity contribution >= 4 is 13.2 Å². The molecule has 34 heavy (non-hydrogen) atoms. The molecule has 2 aromatic carbocycles. The van der Waals surface area contributed by atoms with Crippen LogP contribution in [0.5, 0.6) is 0 Å². The lowest BCUT2D eigenvalue weighted by Crippen LogP contribution is -2.28. The van der Waals surface area contributed by atoms with E-state index in [0.717, 1.165) is 11.3 Å². The highest BCUT2D eigenvalue weighted by molar-refractivity contribution is 7.67. The van der Waals surface area contributed by atoms with Crippen LogP contribution >= 0.6 is 7.92 Å². The maximum Gasteiger partial charge on any atom is -0.00664 e. The number of aryl methyl sites for hydroxylation is 3. The van der Waals surface area contributed by atoms with E-state index in [1.165, 1.54) is 116 Å². The van der Waals surface area contributed by atoms with E-state index in [1.54, 1.807) is 38.9 Å². The second-order valence-corrected chi connectivity index (χ2v) is 14.7. The van der Waals surface area contributed by atoms with E-state index in [-0.39, 0.29) is 7.92 Å². The summed E-state index contributed by atoms with van der Waals surface area (Å²) in [5.74, 6) is 0. The van der Waals surface area contributed by atoms with Crippen molar-refractivity contribution in [3.63, 3.8) is 0 Å². The van der Waals surface area contributed by atoms with Gasteiger partial charge < -0.3 is 0 Å². The van der Waals surface area contributed by atoms with Gasteiger partial charge in [-0.25, -0.2) is 0 Å². The number of rotatable bonds is 4. The lowest BCUT2D eigenvalue weighted by molar-refractivity contribution is 0.487. The predicted molar refractivity (Wildman–Crippen MR) is 150 cm³/mol. The largest absolute Gasteiger partial charge is 0.0683 e. The van der Waals surface area contributed by atoms with Crippen LogP contribution in [-0.2, 0) is 25.7 Å². The van der Waals surface area contributed by atoms with Crippen molar-refractivity contribution in [3.05, 3.63) is 52.1 Å². The second-order valence-electron chi connectivity index (χ2n) is 11.9. The van der Waals surface area contributed by atoms with E-state index >= 15 is 0 Å². The standard InChI is InChI=1S/C33H45P/c1-24-20-21-25-12-8-10-18-29(25)32(24)33-30-19-11-9-13-26(30)22-23-31(33)34(27-14-4-2-5-15-27)28-16-6-3-7-17-28/h20-23,27-28H,2-19H2,1H3. The van der Waals surface area contributed by atoms with Gasteiger partial charge in [0.15, 0.2) is 0 Å². The highest BCUT2D eigenvalue weighted by atomic mass is 31.1. The first-order chi connectivity index (χ1) is 16.8. The zero-order valence-electron chi connectivity index (χ0n) is 21.6. The topological polar surface area (TPSA) is 0 Å². The highest BCUT2D eigenvalue weighted by Crippen LogP contribution is 2.57. The van der Waals surface area contributed by atoms with Gasteiger partial charge in [-0.05, 0) is 140 Å². The first-order valence-electron chi connectivity index (χ1n) is 14.9. The lowest BCUT2D eigenvalue weighted by Gasteiger charge is -2.41. The van der Waals surface area contributed by atoms with Crippen molar-refractivity contribution in [2.75, 3.05) is 0 Å². The molecule has 0 aliphatic heterocycles. The van der Waals surface area contributed by atoms with Gasteiger partial charge in [0.1, 0.15) is 0 Å². The van der Waals surface area contributed by atoms with Crippen molar-refractivity contribution in [1.29, 1.82) is 0 Å². The van der Waals surface area contributed by atoms with Gasteiger partial charge in [0.05, 0.1) is 0 Å². The third-order valence-electron chi connectivity index (χ3n) is 9.72. The molecule has 0 N–H and O–H groups in total. The molecule has 2 fully saturated rings. The summed E-state index contributed by atoms with van der Waals surface area (Å²) in [6.07, 6.45) is 25.7. The van der Waals surface area contributed by atoms with Crippen LogP contribution in [0.2, 0.25) is 0 Å². The Morgan fingerprint density at radius 2 is 1.03 bits per heavy atom. The molecule has 0 amide bonds. The molecule has 0 heterocycles. The summed E-state index contributed by atoms with van der Waals surface area (Å²) >= 11 is 0. The number of fused-ring (bicyclic) bond motifs is 2. The van der Waals surface area contributed by atoms with Crippen molar-refractivity contribution in [3.8, 4) is 11.1 Å². The minimum Gasteiger partial charge on any atom is -0.0683 e. The smallest absolute Gasteiger partial charge is 0.00664 e. The molecule has 0 aromatic heterocycles. The fourth-order valence-electron chi connectivity index (χ4n) is 8.01. The molecule has 0 saturated heterocycles. The average Bonchev–Trinajstić information content (AvgIpc) is 2.90. The first kappa shape index (κ1) is 23.3. The number of hydrogen-bond donors (Lipinski definition) is 0. The Morgan fingerprint density at radius 1 is 0.529 bits per heavy atom. The van der Waals surface area contributed by atoms with Crippen LogP contribution in [-0.4, -0.2) is 11.3 Å². The molecule has 0 unspecified atom stereocenters. The van der Waals surface area contributed by atoms with E-state index in [1.807, 2.05) is 5.30 Å². The molecule has 0 nitrogen and oxygen atoms in total. The molecule has 0 spiro atoms. The Bertz CT molecular complexity index is 988. The third kappa shape index (κ3) is 4.43. The quantitative estimate of drug-likeness (QED) is 0.389. The molecule has 2 saturated carbocycles. The Labute approximate surface area is 210 Å². The van der Waals surface area contributed by atoms with E-state index < -0.39 is 0 Å². The van der Waals surface area contributed by atoms with Crippen LogP contribution in [0.25, 0.3) is 11.1 Å². The summed E-state index contributed by atoms with van der Waals surface area (Å²) in [7, 11) is -0.0774. The van der Waals surface area contributed by atoms with Crippen LogP contribution < -0.4 is 5.30 Å². The summed E-state index contributed by atoms with van der Waals surface area (Å²) in [6.45, 7) is 2.43. The Hall–Kier alpha value is -1.13. The Kier molecular flexibility index (Phi) is 7.17. The fraction of sp³-hybridized carbons (Fsp3) is 0.636. The Balaban J connectivity index is 1.57. The van der Waals surface area contributed by atoms with Gasteiger partial charge in [-0.1, -0.05) is 70.7 Å². The molecule has 0 bridgehead atoms. The maximum atomic E-state index is 2.70. The van der Waals surface area contributed by atoms with Gasteiger partial charge in [0.2, 0.25) is 0 Å². The SMILES string of the molecule is Cc1ccc2c(c1-c1c(P(C3CCCCC3)C3CCCCC3)ccc3c1CCCC3)CCCC2. The summed E-state index contributed by atoms with van der Waals surface area (Å²) in [6, 6.07) is 10.3. The minimum absolute atomic E-state index is 0.0774. The third-order valence-corrected chi connectivity index (χ3v) is 13.3. The van der Waals surface area contributed by atoms with Crippen molar-refractivity contribution < 1.29 is 0 Å². The fourth-order valence-corrected chi connectivity index (χ4v) is 12.0. The first-order valence-corrected chi connectivity index (χ1v) is 16.3. The molecular weight excluding hydrogens is 427 g/mol. The molecule has 6 rings (SSSR count). The molecular formula is C33H45P.